The Morgan fingerprint density at radius 1 is 0.759 bits per heavy atom. The maximum Gasteiger partial charge on any atom is 2.00 e. The van der Waals surface area contributed by atoms with E-state index in [4.69, 9.17) is 0 Å². The molecule has 3 heteroatoms. The minimum atomic E-state index is -0.271. The van der Waals surface area contributed by atoms with Crippen LogP contribution < -0.4 is 10.6 Å². The Morgan fingerprint density at radius 3 is 1.52 bits per heavy atom. The van der Waals surface area contributed by atoms with Gasteiger partial charge in [-0.15, -0.1) is 0 Å². The molecule has 0 bridgehead atoms. The van der Waals surface area contributed by atoms with E-state index in [0.29, 0.717) is 4.83 Å². The number of alkyl halides is 1. The van der Waals surface area contributed by atoms with Crippen molar-refractivity contribution < 1.29 is 17.1 Å². The average Bonchev–Trinajstić information content (AvgIpc) is 3.38. The number of hydrogen-bond donors (Lipinski definition) is 0. The second-order valence-electron chi connectivity index (χ2n) is 7.57. The molecule has 2 aromatic carbocycles. The zero-order valence-corrected chi connectivity index (χ0v) is 21.9. The van der Waals surface area contributed by atoms with Crippen LogP contribution in [0.5, 0.6) is 0 Å². The van der Waals surface area contributed by atoms with Crippen LogP contribution in [0.1, 0.15) is 58.3 Å². The van der Waals surface area contributed by atoms with Crippen molar-refractivity contribution in [3.8, 4) is 0 Å². The van der Waals surface area contributed by atoms with E-state index >= 15 is 0 Å². The molecule has 3 unspecified atom stereocenters. The Hall–Kier alpha value is -0.131. The molecular weight excluding hydrogens is 479 g/mol. The van der Waals surface area contributed by atoms with E-state index in [1.807, 2.05) is 0 Å². The molecule has 2 saturated carbocycles. The summed E-state index contributed by atoms with van der Waals surface area (Å²) < 4.78 is 0. The van der Waals surface area contributed by atoms with Crippen LogP contribution in [-0.2, 0) is 17.1 Å². The molecule has 2 aliphatic carbocycles. The van der Waals surface area contributed by atoms with E-state index < -0.39 is 0 Å². The van der Waals surface area contributed by atoms with Gasteiger partial charge in [0.2, 0.25) is 0 Å². The largest absolute Gasteiger partial charge is 2.00 e. The molecule has 0 radical (unpaired) electrons. The van der Waals surface area contributed by atoms with Gasteiger partial charge >= 0.3 is 17.1 Å². The molecule has 0 nitrogen and oxygen atoms in total. The van der Waals surface area contributed by atoms with Crippen LogP contribution in [0.25, 0.3) is 0 Å². The van der Waals surface area contributed by atoms with Gasteiger partial charge in [-0.05, 0) is 42.9 Å². The van der Waals surface area contributed by atoms with Gasteiger partial charge < -0.3 is 14.9 Å². The molecule has 0 amide bonds. The van der Waals surface area contributed by atoms with E-state index in [-0.39, 0.29) is 39.8 Å². The second-order valence-corrected chi connectivity index (χ2v) is 11.1. The maximum absolute atomic E-state index is 4.04. The summed E-state index contributed by atoms with van der Waals surface area (Å²) in [6, 6.07) is 22.2. The quantitative estimate of drug-likeness (QED) is 0.167. The summed E-state index contributed by atoms with van der Waals surface area (Å²) in [5, 5.41) is 3.04. The predicted octanol–water partition coefficient (Wildman–Crippen LogP) is 7.92. The molecule has 2 fully saturated rings. The van der Waals surface area contributed by atoms with Crippen LogP contribution in [0.2, 0.25) is 0 Å². The molecular formula is C26H38BrFeP. The summed E-state index contributed by atoms with van der Waals surface area (Å²) in [7, 11) is -0.271. The average molecular weight is 517 g/mol. The van der Waals surface area contributed by atoms with E-state index in [1.54, 1.807) is 0 Å². The third kappa shape index (κ3) is 8.14. The number of hydrogen-bond acceptors (Lipinski definition) is 0. The second kappa shape index (κ2) is 15.6. The zero-order valence-electron chi connectivity index (χ0n) is 18.3. The molecule has 0 saturated heterocycles. The summed E-state index contributed by atoms with van der Waals surface area (Å²) in [5.41, 5.74) is 0.759. The first-order chi connectivity index (χ1) is 12.8. The molecule has 0 spiro atoms. The fraction of sp³-hybridized carbons (Fsp3) is 0.462. The fourth-order valence-electron chi connectivity index (χ4n) is 4.31. The minimum Gasteiger partial charge on any atom is -0.358 e. The third-order valence-electron chi connectivity index (χ3n) is 5.83. The number of rotatable bonds is 4. The van der Waals surface area contributed by atoms with Crippen molar-refractivity contribution >= 4 is 34.5 Å². The van der Waals surface area contributed by atoms with E-state index in [2.05, 4.69) is 83.5 Å². The molecule has 0 aliphatic heterocycles. The van der Waals surface area contributed by atoms with Gasteiger partial charge in [-0.25, -0.2) is 0 Å². The summed E-state index contributed by atoms with van der Waals surface area (Å²) in [4.78, 5) is 0.661. The molecule has 2 aromatic rings. The monoisotopic (exact) mass is 516 g/mol. The van der Waals surface area contributed by atoms with Gasteiger partial charge in [0.05, 0.1) is 0 Å². The molecule has 2 aliphatic rings. The SMILES string of the molecule is C1CCCC1.CCC1CCC(P(c2ccccc2)c2ccccc2)C1Br.[CH3-].[CH3-].[Fe+2]. The Labute approximate surface area is 201 Å². The first-order valence-electron chi connectivity index (χ1n) is 10.3. The van der Waals surface area contributed by atoms with E-state index in [9.17, 15) is 0 Å². The van der Waals surface area contributed by atoms with Gasteiger partial charge in [-0.3, -0.25) is 0 Å². The predicted molar refractivity (Wildman–Crippen MR) is 135 cm³/mol. The summed E-state index contributed by atoms with van der Waals surface area (Å²) in [5.74, 6) is 0.840. The van der Waals surface area contributed by atoms with Crippen molar-refractivity contribution in [2.24, 2.45) is 5.92 Å². The summed E-state index contributed by atoms with van der Waals surface area (Å²) in [6.07, 6.45) is 11.5. The minimum absolute atomic E-state index is 0. The van der Waals surface area contributed by atoms with Crippen LogP contribution in [0.15, 0.2) is 60.7 Å². The zero-order chi connectivity index (χ0) is 18.2. The fourth-order valence-corrected chi connectivity index (χ4v) is 8.91. The topological polar surface area (TPSA) is 0 Å². The molecule has 4 rings (SSSR count). The Kier molecular flexibility index (Phi) is 15.6. The maximum atomic E-state index is 4.04. The van der Waals surface area contributed by atoms with Gasteiger partial charge in [0.15, 0.2) is 0 Å². The van der Waals surface area contributed by atoms with Crippen molar-refractivity contribution in [3.63, 3.8) is 0 Å². The Balaban J connectivity index is 0.000000863. The molecule has 162 valence electrons. The van der Waals surface area contributed by atoms with Crippen molar-refractivity contribution in [2.45, 2.75) is 68.8 Å². The van der Waals surface area contributed by atoms with Crippen molar-refractivity contribution in [1.29, 1.82) is 0 Å². The first-order valence-corrected chi connectivity index (χ1v) is 12.7. The first kappa shape index (κ1) is 28.9. The van der Waals surface area contributed by atoms with Crippen LogP contribution >= 0.6 is 23.9 Å². The normalized spacial score (nSPS) is 22.5. The Morgan fingerprint density at radius 2 is 1.17 bits per heavy atom. The molecule has 0 heterocycles. The number of benzene rings is 2. The summed E-state index contributed by atoms with van der Waals surface area (Å²) in [6.45, 7) is 2.33. The third-order valence-corrected chi connectivity index (χ3v) is 10.6. The number of halogens is 1. The van der Waals surface area contributed by atoms with Gasteiger partial charge in [-0.1, -0.05) is 122 Å². The van der Waals surface area contributed by atoms with Crippen molar-refractivity contribution in [3.05, 3.63) is 75.5 Å². The van der Waals surface area contributed by atoms with Crippen LogP contribution in [0.3, 0.4) is 0 Å². The van der Waals surface area contributed by atoms with E-state index in [1.165, 1.54) is 62.0 Å². The smallest absolute Gasteiger partial charge is 0.358 e. The summed E-state index contributed by atoms with van der Waals surface area (Å²) >= 11 is 4.04. The van der Waals surface area contributed by atoms with Gasteiger partial charge in [0.1, 0.15) is 0 Å². The van der Waals surface area contributed by atoms with Crippen molar-refractivity contribution in [1.82, 2.24) is 0 Å². The molecule has 29 heavy (non-hydrogen) atoms. The van der Waals surface area contributed by atoms with Crippen LogP contribution in [0.4, 0.5) is 0 Å². The van der Waals surface area contributed by atoms with Gasteiger partial charge in [0, 0.05) is 4.83 Å². The van der Waals surface area contributed by atoms with Crippen LogP contribution in [-0.4, -0.2) is 10.5 Å². The standard InChI is InChI=1S/C19H22BrP.C5H10.2CH3.Fe/c1-2-15-13-14-18(19(15)20)21(16-9-5-3-6-10-16)17-11-7-4-8-12-17;1-2-4-5-3-1;;;/h3-12,15,18-19H,2,13-14H2,1H3;1-5H2;2*1H3;/q;;2*-1;+2. The van der Waals surface area contributed by atoms with Gasteiger partial charge in [-0.2, -0.15) is 0 Å². The molecule has 0 aromatic heterocycles. The Bertz CT molecular complexity index is 583. The molecule has 0 N–H and O–H groups in total. The van der Waals surface area contributed by atoms with Crippen LogP contribution in [0, 0.1) is 20.8 Å². The van der Waals surface area contributed by atoms with Gasteiger partial charge in [0.25, 0.3) is 0 Å². The van der Waals surface area contributed by atoms with E-state index in [0.717, 1.165) is 11.6 Å². The molecule has 3 atom stereocenters. The van der Waals surface area contributed by atoms with Crippen molar-refractivity contribution in [2.75, 3.05) is 0 Å².